The van der Waals surface area contributed by atoms with Crippen LogP contribution < -0.4 is 10.6 Å². The van der Waals surface area contributed by atoms with Gasteiger partial charge in [-0.15, -0.1) is 0 Å². The molecule has 0 unspecified atom stereocenters. The molecular weight excluding hydrogens is 252 g/mol. The molecule has 2 amide bonds. The van der Waals surface area contributed by atoms with Gasteiger partial charge in [-0.2, -0.15) is 0 Å². The van der Waals surface area contributed by atoms with E-state index in [1.165, 1.54) is 38.5 Å². The number of carbonyl (C=O) groups excluding carboxylic acids is 1. The largest absolute Gasteiger partial charge is 0.396 e. The Labute approximate surface area is 121 Å². The maximum atomic E-state index is 12.3. The Morgan fingerprint density at radius 3 is 2.10 bits per heavy atom. The van der Waals surface area contributed by atoms with Crippen molar-refractivity contribution in [2.45, 2.75) is 69.9 Å². The van der Waals surface area contributed by atoms with Gasteiger partial charge >= 0.3 is 6.03 Å². The smallest absolute Gasteiger partial charge is 0.315 e. The molecule has 4 rings (SSSR count). The Hall–Kier alpha value is -0.770. The zero-order valence-corrected chi connectivity index (χ0v) is 12.7. The topological polar surface area (TPSA) is 61.4 Å². The van der Waals surface area contributed by atoms with E-state index < -0.39 is 0 Å². The van der Waals surface area contributed by atoms with Crippen molar-refractivity contribution >= 4 is 6.03 Å². The minimum Gasteiger partial charge on any atom is -0.396 e. The summed E-state index contributed by atoms with van der Waals surface area (Å²) in [6.07, 6.45) is 8.27. The number of urea groups is 1. The minimum atomic E-state index is -0.346. The highest BCUT2D eigenvalue weighted by Gasteiger charge is 2.51. The molecule has 0 aromatic carbocycles. The third-order valence-corrected chi connectivity index (χ3v) is 5.61. The Morgan fingerprint density at radius 1 is 1.15 bits per heavy atom. The molecule has 4 fully saturated rings. The lowest BCUT2D eigenvalue weighted by molar-refractivity contribution is -0.0139. The number of nitrogens with one attached hydrogen (secondary N) is 2. The molecule has 4 saturated carbocycles. The van der Waals surface area contributed by atoms with Gasteiger partial charge in [0.25, 0.3) is 0 Å². The SMILES string of the molecule is CC(C)(CCO)NC(=O)NC12CC3CC(CC(C3)C1)C2. The van der Waals surface area contributed by atoms with Crippen molar-refractivity contribution in [3.63, 3.8) is 0 Å². The van der Waals surface area contributed by atoms with Crippen LogP contribution in [0.1, 0.15) is 58.8 Å². The summed E-state index contributed by atoms with van der Waals surface area (Å²) in [7, 11) is 0. The number of carbonyl (C=O) groups is 1. The van der Waals surface area contributed by atoms with Crippen LogP contribution in [0.4, 0.5) is 4.79 Å². The molecule has 4 heteroatoms. The number of hydrogen-bond acceptors (Lipinski definition) is 2. The highest BCUT2D eigenvalue weighted by atomic mass is 16.3. The van der Waals surface area contributed by atoms with Crippen molar-refractivity contribution in [1.29, 1.82) is 0 Å². The van der Waals surface area contributed by atoms with Crippen molar-refractivity contribution in [3.8, 4) is 0 Å². The second-order valence-electron chi connectivity index (χ2n) is 8.13. The zero-order valence-electron chi connectivity index (χ0n) is 12.7. The van der Waals surface area contributed by atoms with Crippen LogP contribution in [-0.2, 0) is 0 Å². The summed E-state index contributed by atoms with van der Waals surface area (Å²) in [5.74, 6) is 2.52. The van der Waals surface area contributed by atoms with Crippen molar-refractivity contribution in [1.82, 2.24) is 10.6 Å². The van der Waals surface area contributed by atoms with Crippen LogP contribution in [-0.4, -0.2) is 28.8 Å². The summed E-state index contributed by atoms with van der Waals surface area (Å²) in [5, 5.41) is 15.4. The van der Waals surface area contributed by atoms with E-state index in [0.29, 0.717) is 6.42 Å². The first-order valence-corrected chi connectivity index (χ1v) is 8.11. The average molecular weight is 280 g/mol. The molecule has 4 bridgehead atoms. The third-order valence-electron chi connectivity index (χ3n) is 5.61. The second kappa shape index (κ2) is 4.90. The van der Waals surface area contributed by atoms with Gasteiger partial charge in [0, 0.05) is 17.7 Å². The molecule has 0 aromatic heterocycles. The van der Waals surface area contributed by atoms with Gasteiger partial charge in [-0.25, -0.2) is 4.79 Å². The maximum absolute atomic E-state index is 12.3. The highest BCUT2D eigenvalue weighted by Crippen LogP contribution is 2.55. The van der Waals surface area contributed by atoms with Gasteiger partial charge in [0.15, 0.2) is 0 Å². The summed E-state index contributed by atoms with van der Waals surface area (Å²) in [6.45, 7) is 4.02. The number of aliphatic hydroxyl groups excluding tert-OH is 1. The van der Waals surface area contributed by atoms with Gasteiger partial charge in [-0.1, -0.05) is 0 Å². The van der Waals surface area contributed by atoms with E-state index in [4.69, 9.17) is 5.11 Å². The molecule has 0 heterocycles. The van der Waals surface area contributed by atoms with Crippen molar-refractivity contribution < 1.29 is 9.90 Å². The summed E-state index contributed by atoms with van der Waals surface area (Å²) in [6, 6.07) is -0.0506. The first-order valence-electron chi connectivity index (χ1n) is 8.11. The van der Waals surface area contributed by atoms with Gasteiger partial charge in [0.05, 0.1) is 0 Å². The molecule has 0 saturated heterocycles. The van der Waals surface area contributed by atoms with Crippen molar-refractivity contribution in [2.75, 3.05) is 6.61 Å². The van der Waals surface area contributed by atoms with E-state index in [1.807, 2.05) is 13.8 Å². The molecular formula is C16H28N2O2. The quantitative estimate of drug-likeness (QED) is 0.740. The van der Waals surface area contributed by atoms with Crippen LogP contribution in [0.2, 0.25) is 0 Å². The first kappa shape index (κ1) is 14.2. The predicted molar refractivity (Wildman–Crippen MR) is 78.4 cm³/mol. The van der Waals surface area contributed by atoms with E-state index in [9.17, 15) is 4.79 Å². The standard InChI is InChI=1S/C16H28N2O2/c1-15(2,3-4-19)17-14(20)18-16-8-11-5-12(9-16)7-13(6-11)10-16/h11-13,19H,3-10H2,1-2H3,(H2,17,18,20). The molecule has 20 heavy (non-hydrogen) atoms. The molecule has 4 aliphatic rings. The fourth-order valence-electron chi connectivity index (χ4n) is 5.19. The molecule has 4 aliphatic carbocycles. The molecule has 0 spiro atoms. The van der Waals surface area contributed by atoms with Gasteiger partial charge in [0.1, 0.15) is 0 Å². The number of aliphatic hydroxyl groups is 1. The third kappa shape index (κ3) is 2.80. The lowest BCUT2D eigenvalue weighted by atomic mass is 9.53. The summed E-state index contributed by atoms with van der Waals surface area (Å²) in [5.41, 5.74) is -0.282. The molecule has 4 nitrogen and oxygen atoms in total. The maximum Gasteiger partial charge on any atom is 0.315 e. The summed E-state index contributed by atoms with van der Waals surface area (Å²) < 4.78 is 0. The Bertz CT molecular complexity index is 357. The summed E-state index contributed by atoms with van der Waals surface area (Å²) in [4.78, 5) is 12.3. The monoisotopic (exact) mass is 280 g/mol. The molecule has 0 atom stereocenters. The number of hydrogen-bond donors (Lipinski definition) is 3. The fourth-order valence-corrected chi connectivity index (χ4v) is 5.19. The average Bonchev–Trinajstić information content (AvgIpc) is 2.23. The molecule has 0 aliphatic heterocycles. The van der Waals surface area contributed by atoms with E-state index in [1.54, 1.807) is 0 Å². The molecule has 0 radical (unpaired) electrons. The highest BCUT2D eigenvalue weighted by molar-refractivity contribution is 5.75. The lowest BCUT2D eigenvalue weighted by Gasteiger charge is -2.56. The minimum absolute atomic E-state index is 0.0506. The van der Waals surface area contributed by atoms with Crippen molar-refractivity contribution in [3.05, 3.63) is 0 Å². The van der Waals surface area contributed by atoms with E-state index >= 15 is 0 Å². The zero-order chi connectivity index (χ0) is 14.4. The normalized spacial score (nSPS) is 38.9. The lowest BCUT2D eigenvalue weighted by Crippen LogP contribution is -2.63. The van der Waals surface area contributed by atoms with Crippen LogP contribution in [0.5, 0.6) is 0 Å². The predicted octanol–water partition coefficient (Wildman–Crippen LogP) is 2.42. The first-order chi connectivity index (χ1) is 9.40. The van der Waals surface area contributed by atoms with Crippen LogP contribution in [0.15, 0.2) is 0 Å². The number of rotatable bonds is 4. The van der Waals surface area contributed by atoms with Crippen molar-refractivity contribution in [2.24, 2.45) is 17.8 Å². The van der Waals surface area contributed by atoms with Crippen LogP contribution in [0, 0.1) is 17.8 Å². The van der Waals surface area contributed by atoms with Crippen LogP contribution >= 0.6 is 0 Å². The molecule has 0 aromatic rings. The summed E-state index contributed by atoms with van der Waals surface area (Å²) >= 11 is 0. The van der Waals surface area contributed by atoms with Crippen LogP contribution in [0.25, 0.3) is 0 Å². The fraction of sp³-hybridized carbons (Fsp3) is 0.938. The second-order valence-corrected chi connectivity index (χ2v) is 8.13. The Morgan fingerprint density at radius 2 is 1.65 bits per heavy atom. The van der Waals surface area contributed by atoms with Gasteiger partial charge < -0.3 is 15.7 Å². The van der Waals surface area contributed by atoms with Gasteiger partial charge in [-0.05, 0) is 76.5 Å². The van der Waals surface area contributed by atoms with E-state index in [2.05, 4.69) is 10.6 Å². The van der Waals surface area contributed by atoms with Gasteiger partial charge in [0.2, 0.25) is 0 Å². The molecule has 3 N–H and O–H groups in total. The van der Waals surface area contributed by atoms with E-state index in [0.717, 1.165) is 17.8 Å². The number of amides is 2. The Kier molecular flexibility index (Phi) is 3.47. The van der Waals surface area contributed by atoms with Crippen LogP contribution in [0.3, 0.4) is 0 Å². The van der Waals surface area contributed by atoms with E-state index in [-0.39, 0.29) is 23.7 Å². The molecule has 114 valence electrons. The van der Waals surface area contributed by atoms with Gasteiger partial charge in [-0.3, -0.25) is 0 Å². The Balaban J connectivity index is 1.61.